The van der Waals surface area contributed by atoms with Crippen molar-refractivity contribution in [2.45, 2.75) is 51.6 Å². The average Bonchev–Trinajstić information content (AvgIpc) is 1.81. The van der Waals surface area contributed by atoms with Crippen molar-refractivity contribution in [1.82, 2.24) is 0 Å². The summed E-state index contributed by atoms with van der Waals surface area (Å²) in [6.07, 6.45) is 0. The summed E-state index contributed by atoms with van der Waals surface area (Å²) < 4.78 is 54.6. The van der Waals surface area contributed by atoms with Crippen LogP contribution in [0.2, 0.25) is 10.1 Å². The Balaban J connectivity index is 5.30. The summed E-state index contributed by atoms with van der Waals surface area (Å²) in [6.45, 7) is 7.28. The fourth-order valence-corrected chi connectivity index (χ4v) is 8.48. The zero-order chi connectivity index (χ0) is 12.0. The smallest absolute Gasteiger partial charge is 0.268 e. The van der Waals surface area contributed by atoms with Crippen molar-refractivity contribution >= 4 is 16.5 Å². The molecule has 14 heavy (non-hydrogen) atoms. The minimum atomic E-state index is -5.46. The summed E-state index contributed by atoms with van der Waals surface area (Å²) >= 11 is 0. The SMILES string of the molecule is CC(C)(C)[Si](F)(F)[Si](F)(F)C(C)(C)C. The van der Waals surface area contributed by atoms with Gasteiger partial charge in [0.25, 0.3) is 0 Å². The first-order chi connectivity index (χ1) is 5.75. The van der Waals surface area contributed by atoms with E-state index in [1.165, 1.54) is 41.5 Å². The molecule has 0 fully saturated rings. The van der Waals surface area contributed by atoms with Crippen LogP contribution in [0.4, 0.5) is 16.4 Å². The van der Waals surface area contributed by atoms with Gasteiger partial charge in [0.15, 0.2) is 0 Å². The van der Waals surface area contributed by atoms with Gasteiger partial charge in [-0.05, 0) is 0 Å². The zero-order valence-electron chi connectivity index (χ0n) is 9.51. The third-order valence-electron chi connectivity index (χ3n) is 2.28. The van der Waals surface area contributed by atoms with E-state index in [1.54, 1.807) is 0 Å². The van der Waals surface area contributed by atoms with Crippen LogP contribution in [0.1, 0.15) is 41.5 Å². The molecule has 6 heteroatoms. The molecular weight excluding hydrogens is 228 g/mol. The second-order valence-corrected chi connectivity index (χ2v) is 14.7. The van der Waals surface area contributed by atoms with Crippen LogP contribution in [0.5, 0.6) is 0 Å². The van der Waals surface area contributed by atoms with Gasteiger partial charge in [0.2, 0.25) is 0 Å². The minimum absolute atomic E-state index is 1.21. The molecule has 0 N–H and O–H groups in total. The van der Waals surface area contributed by atoms with Gasteiger partial charge in [-0.15, -0.1) is 0 Å². The molecule has 0 saturated carbocycles. The summed E-state index contributed by atoms with van der Waals surface area (Å²) in [4.78, 5) is 0. The van der Waals surface area contributed by atoms with Crippen molar-refractivity contribution in [3.63, 3.8) is 0 Å². The number of hydrogen-bond acceptors (Lipinski definition) is 0. The van der Waals surface area contributed by atoms with Gasteiger partial charge in [-0.1, -0.05) is 41.5 Å². The second kappa shape index (κ2) is 3.33. The van der Waals surface area contributed by atoms with Crippen LogP contribution in [-0.2, 0) is 0 Å². The summed E-state index contributed by atoms with van der Waals surface area (Å²) in [5.74, 6) is 0. The largest absolute Gasteiger partial charge is 0.482 e. The molecule has 0 unspecified atom stereocenters. The Bertz CT molecular complexity index is 188. The highest BCUT2D eigenvalue weighted by Crippen LogP contribution is 2.53. The van der Waals surface area contributed by atoms with E-state index in [1.807, 2.05) is 0 Å². The van der Waals surface area contributed by atoms with Crippen molar-refractivity contribution in [3.8, 4) is 0 Å². The lowest BCUT2D eigenvalue weighted by Gasteiger charge is -2.38. The van der Waals surface area contributed by atoms with Gasteiger partial charge in [-0.3, -0.25) is 16.4 Å². The van der Waals surface area contributed by atoms with E-state index in [9.17, 15) is 16.4 Å². The first kappa shape index (κ1) is 14.2. The molecule has 0 aromatic rings. The summed E-state index contributed by atoms with van der Waals surface area (Å²) in [7, 11) is -10.9. The van der Waals surface area contributed by atoms with Gasteiger partial charge >= 0.3 is 16.5 Å². The molecule has 0 bridgehead atoms. The second-order valence-electron chi connectivity index (χ2n) is 5.65. The molecule has 86 valence electrons. The molecule has 0 radical (unpaired) electrons. The van der Waals surface area contributed by atoms with Crippen LogP contribution in [0.15, 0.2) is 0 Å². The maximum Gasteiger partial charge on any atom is 0.482 e. The highest BCUT2D eigenvalue weighted by Gasteiger charge is 2.75. The number of hydrogen-bond donors (Lipinski definition) is 0. The molecule has 0 amide bonds. The van der Waals surface area contributed by atoms with Crippen LogP contribution < -0.4 is 0 Å². The average molecular weight is 246 g/mol. The summed E-state index contributed by atoms with van der Waals surface area (Å²) in [5.41, 5.74) is 0. The summed E-state index contributed by atoms with van der Waals surface area (Å²) in [5, 5.41) is -3.09. The Morgan fingerprint density at radius 1 is 0.571 bits per heavy atom. The van der Waals surface area contributed by atoms with Gasteiger partial charge < -0.3 is 0 Å². The van der Waals surface area contributed by atoms with Crippen LogP contribution >= 0.6 is 0 Å². The molecule has 0 aliphatic carbocycles. The molecule has 0 aromatic carbocycles. The molecule has 0 aliphatic rings. The molecule has 0 rings (SSSR count). The van der Waals surface area contributed by atoms with Crippen LogP contribution in [0.3, 0.4) is 0 Å². The molecule has 0 heterocycles. The Kier molecular flexibility index (Phi) is 3.37. The van der Waals surface area contributed by atoms with Gasteiger partial charge in [0, 0.05) is 10.1 Å². The molecular formula is C8H18F4Si2. The number of rotatable bonds is 1. The normalized spacial score (nSPS) is 15.9. The van der Waals surface area contributed by atoms with E-state index in [2.05, 4.69) is 0 Å². The lowest BCUT2D eigenvalue weighted by molar-refractivity contribution is 0.449. The van der Waals surface area contributed by atoms with E-state index < -0.39 is 26.6 Å². The summed E-state index contributed by atoms with van der Waals surface area (Å²) in [6, 6.07) is 0. The Hall–Kier alpha value is 0.154. The highest BCUT2D eigenvalue weighted by molar-refractivity contribution is 7.33. The van der Waals surface area contributed by atoms with Crippen LogP contribution in [-0.4, -0.2) is 16.5 Å². The Morgan fingerprint density at radius 2 is 0.714 bits per heavy atom. The molecule has 0 atom stereocenters. The molecule has 0 aromatic heterocycles. The molecule has 0 spiro atoms. The van der Waals surface area contributed by atoms with Crippen molar-refractivity contribution in [3.05, 3.63) is 0 Å². The van der Waals surface area contributed by atoms with Crippen LogP contribution in [0, 0.1) is 0 Å². The van der Waals surface area contributed by atoms with Gasteiger partial charge in [-0.25, -0.2) is 0 Å². The van der Waals surface area contributed by atoms with Crippen molar-refractivity contribution < 1.29 is 16.4 Å². The van der Waals surface area contributed by atoms with Gasteiger partial charge in [0.1, 0.15) is 0 Å². The molecule has 0 aliphatic heterocycles. The van der Waals surface area contributed by atoms with E-state index >= 15 is 0 Å². The molecule has 0 nitrogen and oxygen atoms in total. The van der Waals surface area contributed by atoms with Crippen molar-refractivity contribution in [2.75, 3.05) is 0 Å². The van der Waals surface area contributed by atoms with E-state index in [0.717, 1.165) is 0 Å². The topological polar surface area (TPSA) is 0 Å². The standard InChI is InChI=1S/C8H18F4Si2/c1-7(2,3)13(9,10)14(11,12)8(4,5)6/h1-6H3. The van der Waals surface area contributed by atoms with Crippen LogP contribution in [0.25, 0.3) is 0 Å². The van der Waals surface area contributed by atoms with E-state index in [0.29, 0.717) is 0 Å². The van der Waals surface area contributed by atoms with Crippen molar-refractivity contribution in [1.29, 1.82) is 0 Å². The maximum absolute atomic E-state index is 13.7. The fraction of sp³-hybridized carbons (Fsp3) is 1.00. The lowest BCUT2D eigenvalue weighted by Crippen LogP contribution is -2.61. The first-order valence-corrected chi connectivity index (χ1v) is 9.02. The third-order valence-corrected chi connectivity index (χ3v) is 13.7. The van der Waals surface area contributed by atoms with E-state index in [4.69, 9.17) is 0 Å². The number of halogens is 4. The third kappa shape index (κ3) is 2.05. The monoisotopic (exact) mass is 246 g/mol. The van der Waals surface area contributed by atoms with Gasteiger partial charge in [0.05, 0.1) is 0 Å². The minimum Gasteiger partial charge on any atom is -0.268 e. The Labute approximate surface area is 85.2 Å². The Morgan fingerprint density at radius 3 is 0.786 bits per heavy atom. The zero-order valence-corrected chi connectivity index (χ0v) is 11.5. The maximum atomic E-state index is 13.7. The quantitative estimate of drug-likeness (QED) is 0.365. The first-order valence-electron chi connectivity index (χ1n) is 4.51. The van der Waals surface area contributed by atoms with Crippen molar-refractivity contribution in [2.24, 2.45) is 0 Å². The predicted molar refractivity (Wildman–Crippen MR) is 55.4 cm³/mol. The van der Waals surface area contributed by atoms with E-state index in [-0.39, 0.29) is 0 Å². The molecule has 0 saturated heterocycles. The predicted octanol–water partition coefficient (Wildman–Crippen LogP) is 4.43. The fourth-order valence-electron chi connectivity index (χ4n) is 0.942. The van der Waals surface area contributed by atoms with Gasteiger partial charge in [-0.2, -0.15) is 0 Å². The highest BCUT2D eigenvalue weighted by atomic mass is 29.3. The lowest BCUT2D eigenvalue weighted by atomic mass is 10.2.